The number of ether oxygens (including phenoxy) is 2. The highest BCUT2D eigenvalue weighted by atomic mass is 35.5. The van der Waals surface area contributed by atoms with E-state index in [0.717, 1.165) is 0 Å². The molecule has 126 valence electrons. The number of carbonyl (C=O) groups is 2. The fraction of sp³-hybridized carbons (Fsp3) is 0.400. The second kappa shape index (κ2) is 9.24. The van der Waals surface area contributed by atoms with Crippen LogP contribution in [0.4, 0.5) is 0 Å². The van der Waals surface area contributed by atoms with Gasteiger partial charge >= 0.3 is 0 Å². The molecular weight excluding hydrogens is 322 g/mol. The third kappa shape index (κ3) is 6.35. The van der Waals surface area contributed by atoms with Crippen molar-refractivity contribution in [3.63, 3.8) is 0 Å². The number of hydrogen-bond acceptors (Lipinski definition) is 5. The topological polar surface area (TPSA) is 89.5 Å². The fourth-order valence-electron chi connectivity index (χ4n) is 1.69. The third-order valence-corrected chi connectivity index (χ3v) is 2.94. The molecule has 8 heteroatoms. The summed E-state index contributed by atoms with van der Waals surface area (Å²) >= 11 is 5.74. The van der Waals surface area contributed by atoms with Gasteiger partial charge in [0.2, 0.25) is 5.79 Å². The normalized spacial score (nSPS) is 11.5. The zero-order valence-electron chi connectivity index (χ0n) is 13.3. The molecule has 1 aromatic rings. The molecule has 0 fully saturated rings. The molecule has 1 heterocycles. The molecule has 0 unspecified atom stereocenters. The molecular formula is C15H20ClN3O4. The van der Waals surface area contributed by atoms with Crippen LogP contribution in [0.1, 0.15) is 26.3 Å². The van der Waals surface area contributed by atoms with Gasteiger partial charge in [0.25, 0.3) is 11.8 Å². The number of aromatic nitrogens is 1. The average Bonchev–Trinajstić information content (AvgIpc) is 2.51. The maximum absolute atomic E-state index is 12.0. The predicted molar refractivity (Wildman–Crippen MR) is 86.2 cm³/mol. The van der Waals surface area contributed by atoms with E-state index in [9.17, 15) is 9.59 Å². The summed E-state index contributed by atoms with van der Waals surface area (Å²) in [4.78, 5) is 27.6. The Balaban J connectivity index is 2.56. The molecule has 23 heavy (non-hydrogen) atoms. The van der Waals surface area contributed by atoms with E-state index in [0.29, 0.717) is 23.9 Å². The Morgan fingerprint density at radius 3 is 2.52 bits per heavy atom. The molecule has 0 atom stereocenters. The lowest BCUT2D eigenvalue weighted by Crippen LogP contribution is -2.54. The standard InChI is InChI=1S/C15H20ClN3O4/c1-4-22-15(3,23-5-2)14(21)19-18-13(20)7-6-11-8-9-17-12(16)10-11/h6-10H,4-5H2,1-3H3,(H,18,20)(H,19,21)/b7-6+. The molecule has 1 rings (SSSR count). The van der Waals surface area contributed by atoms with E-state index in [1.807, 2.05) is 0 Å². The van der Waals surface area contributed by atoms with Crippen LogP contribution < -0.4 is 10.9 Å². The zero-order chi connectivity index (χ0) is 17.3. The summed E-state index contributed by atoms with van der Waals surface area (Å²) in [6, 6.07) is 3.29. The summed E-state index contributed by atoms with van der Waals surface area (Å²) in [5.41, 5.74) is 5.23. The lowest BCUT2D eigenvalue weighted by Gasteiger charge is -2.27. The van der Waals surface area contributed by atoms with Crippen molar-refractivity contribution < 1.29 is 19.1 Å². The Bertz CT molecular complexity index is 572. The van der Waals surface area contributed by atoms with Crippen LogP contribution in [0.5, 0.6) is 0 Å². The van der Waals surface area contributed by atoms with E-state index in [1.165, 1.54) is 19.2 Å². The van der Waals surface area contributed by atoms with Crippen molar-refractivity contribution in [3.8, 4) is 0 Å². The minimum absolute atomic E-state index is 0.292. The van der Waals surface area contributed by atoms with E-state index in [4.69, 9.17) is 21.1 Å². The van der Waals surface area contributed by atoms with Crippen molar-refractivity contribution in [3.05, 3.63) is 35.1 Å². The van der Waals surface area contributed by atoms with Gasteiger partial charge in [-0.15, -0.1) is 0 Å². The van der Waals surface area contributed by atoms with Crippen LogP contribution in [0.15, 0.2) is 24.4 Å². The van der Waals surface area contributed by atoms with Gasteiger partial charge in [0.15, 0.2) is 0 Å². The highest BCUT2D eigenvalue weighted by molar-refractivity contribution is 6.29. The van der Waals surface area contributed by atoms with Gasteiger partial charge < -0.3 is 9.47 Å². The number of halogens is 1. The molecule has 1 aromatic heterocycles. The number of nitrogens with zero attached hydrogens (tertiary/aromatic N) is 1. The number of rotatable bonds is 7. The van der Waals surface area contributed by atoms with Crippen molar-refractivity contribution in [2.75, 3.05) is 13.2 Å². The van der Waals surface area contributed by atoms with Crippen LogP contribution in [-0.4, -0.2) is 35.8 Å². The molecule has 0 saturated carbocycles. The van der Waals surface area contributed by atoms with Gasteiger partial charge in [-0.25, -0.2) is 4.98 Å². The number of pyridine rings is 1. The van der Waals surface area contributed by atoms with Crippen molar-refractivity contribution in [2.45, 2.75) is 26.6 Å². The number of hydrazine groups is 1. The monoisotopic (exact) mass is 341 g/mol. The first-order chi connectivity index (χ1) is 10.9. The molecule has 0 aliphatic heterocycles. The third-order valence-electron chi connectivity index (χ3n) is 2.73. The number of hydrogen-bond donors (Lipinski definition) is 2. The molecule has 0 radical (unpaired) electrons. The Kier molecular flexibility index (Phi) is 7.67. The maximum Gasteiger partial charge on any atom is 0.298 e. The summed E-state index contributed by atoms with van der Waals surface area (Å²) in [6.45, 7) is 5.55. The van der Waals surface area contributed by atoms with E-state index in [1.54, 1.807) is 32.1 Å². The minimum Gasteiger partial charge on any atom is -0.343 e. The Labute approximate surface area is 140 Å². The van der Waals surface area contributed by atoms with Crippen molar-refractivity contribution in [1.82, 2.24) is 15.8 Å². The van der Waals surface area contributed by atoms with E-state index >= 15 is 0 Å². The summed E-state index contributed by atoms with van der Waals surface area (Å²) in [6.07, 6.45) is 4.32. The summed E-state index contributed by atoms with van der Waals surface area (Å²) in [5.74, 6) is -2.57. The quantitative estimate of drug-likeness (QED) is 0.341. The van der Waals surface area contributed by atoms with Crippen LogP contribution in [0.3, 0.4) is 0 Å². The average molecular weight is 342 g/mol. The largest absolute Gasteiger partial charge is 0.343 e. The van der Waals surface area contributed by atoms with Crippen LogP contribution in [0, 0.1) is 0 Å². The molecule has 2 amide bonds. The highest BCUT2D eigenvalue weighted by Crippen LogP contribution is 2.12. The zero-order valence-corrected chi connectivity index (χ0v) is 14.0. The van der Waals surface area contributed by atoms with Gasteiger partial charge in [-0.1, -0.05) is 11.6 Å². The molecule has 0 spiro atoms. The molecule has 0 aromatic carbocycles. The summed E-state index contributed by atoms with van der Waals surface area (Å²) in [7, 11) is 0. The second-order valence-corrected chi connectivity index (χ2v) is 4.89. The van der Waals surface area contributed by atoms with Gasteiger partial charge in [-0.3, -0.25) is 20.4 Å². The lowest BCUT2D eigenvalue weighted by molar-refractivity contribution is -0.219. The molecule has 0 saturated heterocycles. The number of nitrogens with one attached hydrogen (secondary N) is 2. The van der Waals surface area contributed by atoms with E-state index in [2.05, 4.69) is 15.8 Å². The van der Waals surface area contributed by atoms with Crippen LogP contribution >= 0.6 is 11.6 Å². The molecule has 0 aliphatic carbocycles. The lowest BCUT2D eigenvalue weighted by atomic mass is 10.2. The Hall–Kier alpha value is -1.96. The smallest absolute Gasteiger partial charge is 0.298 e. The van der Waals surface area contributed by atoms with Crippen molar-refractivity contribution in [1.29, 1.82) is 0 Å². The first kappa shape index (κ1) is 19.1. The second-order valence-electron chi connectivity index (χ2n) is 4.50. The van der Waals surface area contributed by atoms with Gasteiger partial charge in [0.1, 0.15) is 5.15 Å². The summed E-state index contributed by atoms with van der Waals surface area (Å²) < 4.78 is 10.6. The Morgan fingerprint density at radius 2 is 1.96 bits per heavy atom. The van der Waals surface area contributed by atoms with Crippen molar-refractivity contribution >= 4 is 29.5 Å². The molecule has 0 bridgehead atoms. The van der Waals surface area contributed by atoms with Crippen LogP contribution in [0.2, 0.25) is 5.15 Å². The van der Waals surface area contributed by atoms with Gasteiger partial charge in [-0.2, -0.15) is 0 Å². The molecule has 2 N–H and O–H groups in total. The number of carbonyl (C=O) groups excluding carboxylic acids is 2. The predicted octanol–water partition coefficient (Wildman–Crippen LogP) is 1.68. The van der Waals surface area contributed by atoms with Gasteiger partial charge in [0.05, 0.1) is 0 Å². The Morgan fingerprint density at radius 1 is 1.30 bits per heavy atom. The molecule has 7 nitrogen and oxygen atoms in total. The fourth-order valence-corrected chi connectivity index (χ4v) is 1.87. The number of amides is 2. The van der Waals surface area contributed by atoms with E-state index < -0.39 is 17.6 Å². The molecule has 0 aliphatic rings. The SMILES string of the molecule is CCOC(C)(OCC)C(=O)NNC(=O)/C=C/c1ccnc(Cl)c1. The van der Waals surface area contributed by atoms with Gasteiger partial charge in [0, 0.05) is 25.5 Å². The van der Waals surface area contributed by atoms with Gasteiger partial charge in [-0.05, 0) is 44.5 Å². The first-order valence-corrected chi connectivity index (χ1v) is 7.47. The van der Waals surface area contributed by atoms with Crippen molar-refractivity contribution in [2.24, 2.45) is 0 Å². The van der Waals surface area contributed by atoms with E-state index in [-0.39, 0.29) is 0 Å². The summed E-state index contributed by atoms with van der Waals surface area (Å²) in [5, 5.41) is 0.324. The minimum atomic E-state index is -1.46. The van der Waals surface area contributed by atoms with Crippen LogP contribution in [-0.2, 0) is 19.1 Å². The highest BCUT2D eigenvalue weighted by Gasteiger charge is 2.35. The first-order valence-electron chi connectivity index (χ1n) is 7.09. The van der Waals surface area contributed by atoms with Crippen LogP contribution in [0.25, 0.3) is 6.08 Å². The maximum atomic E-state index is 12.0.